The van der Waals surface area contributed by atoms with Crippen molar-refractivity contribution in [1.29, 1.82) is 0 Å². The van der Waals surface area contributed by atoms with Crippen molar-refractivity contribution in [3.63, 3.8) is 0 Å². The maximum atomic E-state index is 13.0. The van der Waals surface area contributed by atoms with E-state index in [1.165, 1.54) is 6.20 Å². The van der Waals surface area contributed by atoms with Crippen LogP contribution >= 0.6 is 15.9 Å². The number of fused-ring (bicyclic) bond motifs is 3. The van der Waals surface area contributed by atoms with Crippen LogP contribution in [0.5, 0.6) is 0 Å². The Hall–Kier alpha value is -1.34. The molecule has 0 amide bonds. The molecule has 0 aromatic heterocycles. The molecule has 23 heavy (non-hydrogen) atoms. The Bertz CT molecular complexity index is 672. The Balaban J connectivity index is 2.17. The zero-order chi connectivity index (χ0) is 16.8. The molecule has 0 saturated carbocycles. The average Bonchev–Trinajstić information content (AvgIpc) is 2.52. The van der Waals surface area contributed by atoms with E-state index in [0.717, 1.165) is 12.8 Å². The van der Waals surface area contributed by atoms with Gasteiger partial charge in [-0.15, -0.1) is 0 Å². The number of benzene rings is 1. The second-order valence-corrected chi connectivity index (χ2v) is 6.70. The maximum absolute atomic E-state index is 13.0. The number of Topliss-reactive ketones (excluding diaryl/α,β-unsaturated/α-hetero) is 1. The third-order valence-corrected chi connectivity index (χ3v) is 5.12. The van der Waals surface area contributed by atoms with Crippen LogP contribution < -0.4 is 0 Å². The van der Waals surface area contributed by atoms with Gasteiger partial charge in [0.15, 0.2) is 0 Å². The summed E-state index contributed by atoms with van der Waals surface area (Å²) in [5, 5.41) is 9.62. The number of aliphatic hydroxyl groups excluding tert-OH is 1. The van der Waals surface area contributed by atoms with Crippen molar-refractivity contribution in [3.05, 3.63) is 40.0 Å². The van der Waals surface area contributed by atoms with Crippen LogP contribution in [0.2, 0.25) is 0 Å². The molecule has 0 bridgehead atoms. The second-order valence-electron chi connectivity index (χ2n) is 5.84. The lowest BCUT2D eigenvalue weighted by Crippen LogP contribution is -2.41. The highest BCUT2D eigenvalue weighted by atomic mass is 79.9. The van der Waals surface area contributed by atoms with Crippen LogP contribution in [0.1, 0.15) is 30.0 Å². The summed E-state index contributed by atoms with van der Waals surface area (Å²) >= 11 is 3.27. The third-order valence-electron chi connectivity index (χ3n) is 4.46. The number of carbonyl (C=O) groups excluding carboxylic acids is 1. The largest absolute Gasteiger partial charge is 0.454 e. The summed E-state index contributed by atoms with van der Waals surface area (Å²) in [5.41, 5.74) is 0.611. The highest BCUT2D eigenvalue weighted by Crippen LogP contribution is 2.46. The first kappa shape index (κ1) is 16.5. The van der Waals surface area contributed by atoms with Gasteiger partial charge in [0.1, 0.15) is 0 Å². The van der Waals surface area contributed by atoms with Gasteiger partial charge in [0.25, 0.3) is 5.78 Å². The number of nitrogens with zero attached hydrogens (tertiary/aromatic N) is 1. The molecule has 3 rings (SSSR count). The first-order chi connectivity index (χ1) is 10.8. The standard InChI is InChI=1S/C16H15BrF3NO2/c17-12-5-1-4-10-13(12)11(15(23)16(18,19)20)7-21-6-2-3-9(8-22)14(10)21/h1,4-5,7,9,14,22H,2-3,6,8H2/t9-,14+/m1/s1. The number of alkyl halides is 3. The third kappa shape index (κ3) is 2.80. The molecule has 7 heteroatoms. The number of piperidine rings is 1. The van der Waals surface area contributed by atoms with Gasteiger partial charge >= 0.3 is 6.18 Å². The molecule has 1 saturated heterocycles. The van der Waals surface area contributed by atoms with E-state index in [0.29, 0.717) is 16.6 Å². The summed E-state index contributed by atoms with van der Waals surface area (Å²) in [7, 11) is 0. The van der Waals surface area contributed by atoms with Crippen molar-refractivity contribution in [2.45, 2.75) is 25.1 Å². The van der Waals surface area contributed by atoms with E-state index in [2.05, 4.69) is 15.9 Å². The quantitative estimate of drug-likeness (QED) is 0.838. The smallest absolute Gasteiger partial charge is 0.396 e. The summed E-state index contributed by atoms with van der Waals surface area (Å²) < 4.78 is 39.3. The highest BCUT2D eigenvalue weighted by Gasteiger charge is 2.45. The summed E-state index contributed by atoms with van der Waals surface area (Å²) in [5.74, 6) is -1.90. The second kappa shape index (κ2) is 5.94. The number of allylic oxidation sites excluding steroid dienone is 1. The predicted octanol–water partition coefficient (Wildman–Crippen LogP) is 3.68. The van der Waals surface area contributed by atoms with Gasteiger partial charge in [-0.25, -0.2) is 0 Å². The molecule has 0 spiro atoms. The summed E-state index contributed by atoms with van der Waals surface area (Å²) in [4.78, 5) is 13.6. The Morgan fingerprint density at radius 1 is 1.39 bits per heavy atom. The molecule has 2 atom stereocenters. The molecule has 124 valence electrons. The lowest BCUT2D eigenvalue weighted by Gasteiger charge is -2.44. The molecule has 1 N–H and O–H groups in total. The molecule has 3 nitrogen and oxygen atoms in total. The molecule has 2 heterocycles. The topological polar surface area (TPSA) is 40.5 Å². The number of aliphatic hydroxyl groups is 1. The lowest BCUT2D eigenvalue weighted by atomic mass is 9.79. The van der Waals surface area contributed by atoms with Crippen molar-refractivity contribution in [2.75, 3.05) is 13.2 Å². The van der Waals surface area contributed by atoms with Crippen LogP contribution in [0, 0.1) is 5.92 Å². The van der Waals surface area contributed by atoms with E-state index >= 15 is 0 Å². The molecule has 1 aromatic rings. The fraction of sp³-hybridized carbons (Fsp3) is 0.438. The van der Waals surface area contributed by atoms with E-state index in [9.17, 15) is 23.1 Å². The minimum Gasteiger partial charge on any atom is -0.396 e. The Kier molecular flexibility index (Phi) is 4.27. The molecule has 2 aliphatic heterocycles. The number of ketones is 1. The molecule has 1 aromatic carbocycles. The molecule has 0 unspecified atom stereocenters. The minimum absolute atomic E-state index is 0.0382. The fourth-order valence-electron chi connectivity index (χ4n) is 3.50. The minimum atomic E-state index is -4.92. The van der Waals surface area contributed by atoms with E-state index in [-0.39, 0.29) is 29.7 Å². The normalized spacial score (nSPS) is 23.9. The number of halogens is 4. The number of carbonyl (C=O) groups is 1. The Morgan fingerprint density at radius 2 is 2.13 bits per heavy atom. The molecule has 0 aliphatic carbocycles. The lowest BCUT2D eigenvalue weighted by molar-refractivity contribution is -0.164. The SMILES string of the molecule is O=C(C1=CN2CCC[C@H](CO)[C@H]2c2cccc(Br)c21)C(F)(F)F. The van der Waals surface area contributed by atoms with E-state index < -0.39 is 12.0 Å². The fourth-order valence-corrected chi connectivity index (χ4v) is 4.09. The maximum Gasteiger partial charge on any atom is 0.454 e. The van der Waals surface area contributed by atoms with Crippen molar-refractivity contribution >= 4 is 27.3 Å². The van der Waals surface area contributed by atoms with Gasteiger partial charge in [-0.3, -0.25) is 4.79 Å². The van der Waals surface area contributed by atoms with Gasteiger partial charge in [-0.2, -0.15) is 13.2 Å². The van der Waals surface area contributed by atoms with Gasteiger partial charge < -0.3 is 10.0 Å². The Morgan fingerprint density at radius 3 is 2.78 bits per heavy atom. The summed E-state index contributed by atoms with van der Waals surface area (Å²) in [6.45, 7) is 0.533. The van der Waals surface area contributed by atoms with Gasteiger partial charge in [0.2, 0.25) is 0 Å². The molecular weight excluding hydrogens is 375 g/mol. The van der Waals surface area contributed by atoms with Gasteiger partial charge in [0, 0.05) is 35.3 Å². The first-order valence-electron chi connectivity index (χ1n) is 7.33. The summed E-state index contributed by atoms with van der Waals surface area (Å²) in [6, 6.07) is 4.90. The van der Waals surface area contributed by atoms with E-state index in [1.54, 1.807) is 23.1 Å². The Labute approximate surface area is 139 Å². The monoisotopic (exact) mass is 389 g/mol. The highest BCUT2D eigenvalue weighted by molar-refractivity contribution is 9.10. The van der Waals surface area contributed by atoms with Crippen molar-refractivity contribution < 1.29 is 23.1 Å². The molecular formula is C16H15BrF3NO2. The van der Waals surface area contributed by atoms with Crippen molar-refractivity contribution in [2.24, 2.45) is 5.92 Å². The number of hydrogen-bond donors (Lipinski definition) is 1. The van der Waals surface area contributed by atoms with Crippen molar-refractivity contribution in [1.82, 2.24) is 4.90 Å². The van der Waals surface area contributed by atoms with Gasteiger partial charge in [0.05, 0.1) is 11.6 Å². The first-order valence-corrected chi connectivity index (χ1v) is 8.12. The summed E-state index contributed by atoms with van der Waals surface area (Å²) in [6.07, 6.45) is -2.03. The van der Waals surface area contributed by atoms with Crippen LogP contribution in [-0.2, 0) is 4.79 Å². The molecule has 1 fully saturated rings. The zero-order valence-corrected chi connectivity index (χ0v) is 13.7. The van der Waals surface area contributed by atoms with Gasteiger partial charge in [-0.05, 0) is 24.5 Å². The molecule has 2 aliphatic rings. The average molecular weight is 390 g/mol. The predicted molar refractivity (Wildman–Crippen MR) is 82.4 cm³/mol. The number of hydrogen-bond acceptors (Lipinski definition) is 3. The van der Waals surface area contributed by atoms with Crippen LogP contribution in [0.25, 0.3) is 5.57 Å². The van der Waals surface area contributed by atoms with Crippen LogP contribution in [0.15, 0.2) is 28.9 Å². The van der Waals surface area contributed by atoms with Gasteiger partial charge in [-0.1, -0.05) is 28.1 Å². The zero-order valence-electron chi connectivity index (χ0n) is 12.1. The molecule has 0 radical (unpaired) electrons. The number of rotatable bonds is 2. The van der Waals surface area contributed by atoms with Crippen LogP contribution in [0.3, 0.4) is 0 Å². The van der Waals surface area contributed by atoms with E-state index in [1.807, 2.05) is 0 Å². The van der Waals surface area contributed by atoms with Crippen LogP contribution in [0.4, 0.5) is 13.2 Å². The van der Waals surface area contributed by atoms with E-state index in [4.69, 9.17) is 0 Å². The van der Waals surface area contributed by atoms with Crippen molar-refractivity contribution in [3.8, 4) is 0 Å². The van der Waals surface area contributed by atoms with Crippen LogP contribution in [-0.4, -0.2) is 35.1 Å².